The highest BCUT2D eigenvalue weighted by molar-refractivity contribution is 5.58. The van der Waals surface area contributed by atoms with Gasteiger partial charge in [0.15, 0.2) is 5.82 Å². The Morgan fingerprint density at radius 1 is 1.19 bits per heavy atom. The van der Waals surface area contributed by atoms with Crippen molar-refractivity contribution in [1.29, 1.82) is 0 Å². The van der Waals surface area contributed by atoms with E-state index >= 15 is 0 Å². The van der Waals surface area contributed by atoms with Crippen LogP contribution in [0.2, 0.25) is 0 Å². The summed E-state index contributed by atoms with van der Waals surface area (Å²) in [6.07, 6.45) is 0. The monoisotopic (exact) mass is 352 g/mol. The Morgan fingerprint density at radius 3 is 2.46 bits per heavy atom. The molecule has 1 aromatic carbocycles. The number of hydrogen-bond donors (Lipinski definition) is 1. The van der Waals surface area contributed by atoms with Crippen LogP contribution in [0.3, 0.4) is 0 Å². The van der Waals surface area contributed by atoms with Crippen molar-refractivity contribution >= 4 is 23.6 Å². The fraction of sp³-hybridized carbons (Fsp3) is 0.450. The Morgan fingerprint density at radius 2 is 1.88 bits per heavy atom. The van der Waals surface area contributed by atoms with Crippen LogP contribution in [0.15, 0.2) is 23.2 Å². The lowest BCUT2D eigenvalue weighted by atomic mass is 9.96. The van der Waals surface area contributed by atoms with Gasteiger partial charge >= 0.3 is 0 Å². The zero-order chi connectivity index (χ0) is 19.1. The van der Waals surface area contributed by atoms with Gasteiger partial charge in [-0.3, -0.25) is 5.10 Å². The van der Waals surface area contributed by atoms with Crippen LogP contribution in [0.4, 0.5) is 11.4 Å². The van der Waals surface area contributed by atoms with Crippen molar-refractivity contribution < 1.29 is 0 Å². The van der Waals surface area contributed by atoms with Gasteiger partial charge in [-0.15, -0.1) is 10.2 Å². The number of fused-ring (bicyclic) bond motifs is 1. The topological polar surface area (TPSA) is 61.6 Å². The van der Waals surface area contributed by atoms with E-state index in [1.54, 1.807) is 0 Å². The van der Waals surface area contributed by atoms with Gasteiger partial charge in [-0.1, -0.05) is 27.4 Å². The van der Waals surface area contributed by atoms with Crippen molar-refractivity contribution in [2.24, 2.45) is 4.99 Å². The van der Waals surface area contributed by atoms with E-state index in [4.69, 9.17) is 4.99 Å². The van der Waals surface area contributed by atoms with Crippen LogP contribution in [0.5, 0.6) is 0 Å². The Balaban J connectivity index is 2.13. The molecule has 0 aliphatic carbocycles. The fourth-order valence-electron chi connectivity index (χ4n) is 3.14. The van der Waals surface area contributed by atoms with Crippen LogP contribution >= 0.6 is 0 Å². The normalized spacial score (nSPS) is 12.9. The third kappa shape index (κ3) is 3.11. The number of rotatable bonds is 4. The number of nitrogens with zero attached hydrogens (tertiary/aromatic N) is 5. The van der Waals surface area contributed by atoms with Gasteiger partial charge in [0.05, 0.1) is 11.0 Å². The zero-order valence-electron chi connectivity index (χ0n) is 16.6. The van der Waals surface area contributed by atoms with Gasteiger partial charge in [-0.25, -0.2) is 9.51 Å². The molecule has 26 heavy (non-hydrogen) atoms. The van der Waals surface area contributed by atoms with Crippen molar-refractivity contribution in [3.05, 3.63) is 40.3 Å². The molecular weight excluding hydrogens is 324 g/mol. The lowest BCUT2D eigenvalue weighted by Gasteiger charge is -2.21. The summed E-state index contributed by atoms with van der Waals surface area (Å²) in [6.45, 7) is 18.8. The smallest absolute Gasteiger partial charge is 0.203 e. The highest BCUT2D eigenvalue weighted by Gasteiger charge is 2.22. The minimum absolute atomic E-state index is 0.116. The Kier molecular flexibility index (Phi) is 4.61. The van der Waals surface area contributed by atoms with Gasteiger partial charge in [0.25, 0.3) is 0 Å². The minimum Gasteiger partial charge on any atom is -0.372 e. The molecule has 6 nitrogen and oxygen atoms in total. The summed E-state index contributed by atoms with van der Waals surface area (Å²) >= 11 is 0. The molecule has 0 amide bonds. The van der Waals surface area contributed by atoms with Gasteiger partial charge in [0, 0.05) is 24.2 Å². The van der Waals surface area contributed by atoms with Crippen molar-refractivity contribution in [2.45, 2.75) is 47.0 Å². The second kappa shape index (κ2) is 6.59. The number of benzene rings is 1. The molecule has 0 aliphatic heterocycles. The van der Waals surface area contributed by atoms with Gasteiger partial charge in [-0.2, -0.15) is 0 Å². The number of aromatic amines is 1. The molecule has 138 valence electrons. The summed E-state index contributed by atoms with van der Waals surface area (Å²) in [7, 11) is 0. The molecule has 0 saturated carbocycles. The maximum atomic E-state index is 4.84. The van der Waals surface area contributed by atoms with Crippen LogP contribution < -0.4 is 15.6 Å². The molecular formula is C20H28N6. The van der Waals surface area contributed by atoms with E-state index in [1.165, 1.54) is 5.69 Å². The molecule has 0 bridgehead atoms. The van der Waals surface area contributed by atoms with Gasteiger partial charge < -0.3 is 4.90 Å². The summed E-state index contributed by atoms with van der Waals surface area (Å²) in [4.78, 5) is 7.17. The third-order valence-corrected chi connectivity index (χ3v) is 4.62. The summed E-state index contributed by atoms with van der Waals surface area (Å²) in [5, 5.41) is 13.4. The number of aryl methyl sites for hydroxylation is 1. The Bertz CT molecular complexity index is 1030. The lowest BCUT2D eigenvalue weighted by Crippen LogP contribution is -2.22. The number of hydrogen-bond acceptors (Lipinski definition) is 4. The van der Waals surface area contributed by atoms with Gasteiger partial charge in [0.2, 0.25) is 5.65 Å². The van der Waals surface area contributed by atoms with Gasteiger partial charge in [0.1, 0.15) is 5.36 Å². The van der Waals surface area contributed by atoms with E-state index in [1.807, 2.05) is 4.52 Å². The van der Waals surface area contributed by atoms with E-state index in [2.05, 4.69) is 86.5 Å². The quantitative estimate of drug-likeness (QED) is 0.785. The van der Waals surface area contributed by atoms with Crippen molar-refractivity contribution in [3.63, 3.8) is 0 Å². The van der Waals surface area contributed by atoms with Crippen LogP contribution in [0.1, 0.15) is 46.0 Å². The first-order valence-electron chi connectivity index (χ1n) is 9.13. The molecule has 0 radical (unpaired) electrons. The molecule has 3 aromatic rings. The molecule has 0 unspecified atom stereocenters. The highest BCUT2D eigenvalue weighted by atomic mass is 15.4. The van der Waals surface area contributed by atoms with Crippen molar-refractivity contribution in [1.82, 2.24) is 19.8 Å². The van der Waals surface area contributed by atoms with Crippen molar-refractivity contribution in [3.8, 4) is 0 Å². The van der Waals surface area contributed by atoms with Crippen molar-refractivity contribution in [2.75, 3.05) is 18.0 Å². The van der Waals surface area contributed by atoms with E-state index < -0.39 is 0 Å². The average Bonchev–Trinajstić information content (AvgIpc) is 3.10. The molecule has 0 saturated heterocycles. The third-order valence-electron chi connectivity index (χ3n) is 4.62. The first kappa shape index (κ1) is 18.2. The molecule has 2 aromatic heterocycles. The van der Waals surface area contributed by atoms with E-state index in [0.717, 1.165) is 40.9 Å². The molecule has 0 fully saturated rings. The molecule has 3 rings (SSSR count). The maximum absolute atomic E-state index is 4.84. The standard InChI is InChI=1S/C20H28N6/c1-8-25(9-2)15-10-11-16(13(3)12-15)21-17-14(4)24-26-18(17)22-23-19(26)20(5,6)7/h10-12,24H,4,8-9H2,1-3,5-7H3. The zero-order valence-corrected chi connectivity index (χ0v) is 16.6. The SMILES string of the molecule is C=c1[nH]n2c(C(C)(C)C)nnc2c1=Nc1ccc(N(CC)CC)cc1C. The first-order valence-corrected chi connectivity index (χ1v) is 9.13. The fourth-order valence-corrected chi connectivity index (χ4v) is 3.14. The molecule has 2 heterocycles. The van der Waals surface area contributed by atoms with Crippen LogP contribution in [-0.2, 0) is 5.41 Å². The molecule has 0 spiro atoms. The second-order valence-corrected chi connectivity index (χ2v) is 7.63. The summed E-state index contributed by atoms with van der Waals surface area (Å²) in [5.41, 5.74) is 3.87. The Hall–Kier alpha value is -2.63. The minimum atomic E-state index is -0.116. The lowest BCUT2D eigenvalue weighted by molar-refractivity contribution is 0.527. The van der Waals surface area contributed by atoms with Crippen LogP contribution in [-0.4, -0.2) is 32.9 Å². The number of H-pyrrole nitrogens is 1. The molecule has 0 aliphatic rings. The predicted molar refractivity (Wildman–Crippen MR) is 107 cm³/mol. The summed E-state index contributed by atoms with van der Waals surface area (Å²) in [5.74, 6) is 0.868. The van der Waals surface area contributed by atoms with Gasteiger partial charge in [-0.05, 0) is 44.5 Å². The summed E-state index contributed by atoms with van der Waals surface area (Å²) in [6, 6.07) is 6.37. The first-order chi connectivity index (χ1) is 12.3. The number of anilines is 1. The van der Waals surface area contributed by atoms with E-state index in [9.17, 15) is 0 Å². The maximum Gasteiger partial charge on any atom is 0.203 e. The van der Waals surface area contributed by atoms with E-state index in [0.29, 0.717) is 5.65 Å². The highest BCUT2D eigenvalue weighted by Crippen LogP contribution is 2.24. The van der Waals surface area contributed by atoms with Crippen LogP contribution in [0, 0.1) is 6.92 Å². The largest absolute Gasteiger partial charge is 0.372 e. The average molecular weight is 352 g/mol. The molecule has 1 N–H and O–H groups in total. The van der Waals surface area contributed by atoms with E-state index in [-0.39, 0.29) is 5.41 Å². The second-order valence-electron chi connectivity index (χ2n) is 7.63. The number of nitrogens with one attached hydrogen (secondary N) is 1. The number of aromatic nitrogens is 4. The summed E-state index contributed by atoms with van der Waals surface area (Å²) < 4.78 is 1.89. The van der Waals surface area contributed by atoms with Crippen LogP contribution in [0.25, 0.3) is 12.2 Å². The molecule has 6 heteroatoms. The Labute approximate surface area is 154 Å². The predicted octanol–water partition coefficient (Wildman–Crippen LogP) is 2.87. The molecule has 0 atom stereocenters.